The average Bonchev–Trinajstić information content (AvgIpc) is 3.40. The summed E-state index contributed by atoms with van der Waals surface area (Å²) in [7, 11) is 0. The van der Waals surface area contributed by atoms with E-state index in [0.717, 1.165) is 72.6 Å². The predicted molar refractivity (Wildman–Crippen MR) is 238 cm³/mol. The van der Waals surface area contributed by atoms with Crippen LogP contribution in [0.25, 0.3) is 16.7 Å². The van der Waals surface area contributed by atoms with E-state index in [9.17, 15) is 0 Å². The fraction of sp³-hybridized carbons (Fsp3) is 0.192. The summed E-state index contributed by atoms with van der Waals surface area (Å²) in [4.78, 5) is 1.96. The molecule has 55 heavy (non-hydrogen) atoms. The Balaban J connectivity index is 1.37. The van der Waals surface area contributed by atoms with Gasteiger partial charge in [0.2, 0.25) is 0 Å². The van der Waals surface area contributed by atoms with Gasteiger partial charge in [0.1, 0.15) is 23.0 Å². The molecule has 2 nitrogen and oxygen atoms in total. The third-order valence-electron chi connectivity index (χ3n) is 10.7. The number of thioether (sulfide) groups is 1. The van der Waals surface area contributed by atoms with Gasteiger partial charge in [0.05, 0.1) is 4.90 Å². The first-order chi connectivity index (χ1) is 26.3. The summed E-state index contributed by atoms with van der Waals surface area (Å²) in [6, 6.07) is 15.6. The Morgan fingerprint density at radius 1 is 0.836 bits per heavy atom. The van der Waals surface area contributed by atoms with Crippen molar-refractivity contribution < 1.29 is 9.47 Å². The molecule has 0 aromatic heterocycles. The van der Waals surface area contributed by atoms with Gasteiger partial charge in [-0.15, -0.1) is 0 Å². The normalized spacial score (nSPS) is 18.8. The zero-order valence-corrected chi connectivity index (χ0v) is 34.2. The predicted octanol–water partition coefficient (Wildman–Crippen LogP) is 14.5. The van der Waals surface area contributed by atoms with Gasteiger partial charge in [-0.2, -0.15) is 0 Å². The molecule has 2 aliphatic carbocycles. The van der Waals surface area contributed by atoms with Gasteiger partial charge in [-0.3, -0.25) is 0 Å². The lowest BCUT2D eigenvalue weighted by Gasteiger charge is -2.32. The maximum atomic E-state index is 6.74. The van der Waals surface area contributed by atoms with Crippen LogP contribution in [0.15, 0.2) is 186 Å². The molecular formula is C52H52O2S. The van der Waals surface area contributed by atoms with Crippen LogP contribution in [0.3, 0.4) is 0 Å². The summed E-state index contributed by atoms with van der Waals surface area (Å²) in [6.45, 7) is 31.8. The fourth-order valence-corrected chi connectivity index (χ4v) is 8.25. The summed E-state index contributed by atoms with van der Waals surface area (Å²) in [6.07, 6.45) is 29.0. The van der Waals surface area contributed by atoms with E-state index < -0.39 is 0 Å². The Kier molecular flexibility index (Phi) is 11.5. The number of hydrogen-bond acceptors (Lipinski definition) is 3. The van der Waals surface area contributed by atoms with Crippen molar-refractivity contribution >= 4 is 17.3 Å². The molecule has 278 valence electrons. The number of allylic oxidation sites excluding steroid dienone is 17. The van der Waals surface area contributed by atoms with Crippen molar-refractivity contribution in [1.82, 2.24) is 0 Å². The molecular weight excluding hydrogens is 689 g/mol. The van der Waals surface area contributed by atoms with E-state index in [1.54, 1.807) is 23.9 Å². The van der Waals surface area contributed by atoms with Gasteiger partial charge in [-0.25, -0.2) is 0 Å². The molecule has 3 aromatic rings. The third kappa shape index (κ3) is 7.72. The first-order valence-corrected chi connectivity index (χ1v) is 19.7. The Morgan fingerprint density at radius 3 is 2.35 bits per heavy atom. The molecule has 0 unspecified atom stereocenters. The highest BCUT2D eigenvalue weighted by molar-refractivity contribution is 8.03. The van der Waals surface area contributed by atoms with Gasteiger partial charge in [0, 0.05) is 26.9 Å². The molecule has 0 fully saturated rings. The first-order valence-electron chi connectivity index (χ1n) is 18.8. The van der Waals surface area contributed by atoms with Gasteiger partial charge in [-0.05, 0) is 102 Å². The van der Waals surface area contributed by atoms with Crippen LogP contribution in [0.2, 0.25) is 0 Å². The highest BCUT2D eigenvalue weighted by Gasteiger charge is 2.38. The van der Waals surface area contributed by atoms with Crippen molar-refractivity contribution in [3.8, 4) is 22.6 Å². The summed E-state index contributed by atoms with van der Waals surface area (Å²) >= 11 is 1.66. The maximum Gasteiger partial charge on any atom is 0.145 e. The fourth-order valence-electron chi connectivity index (χ4n) is 7.38. The van der Waals surface area contributed by atoms with E-state index in [1.807, 2.05) is 30.4 Å². The van der Waals surface area contributed by atoms with Crippen molar-refractivity contribution in [2.45, 2.75) is 70.6 Å². The number of benzene rings is 3. The molecule has 0 radical (unpaired) electrons. The van der Waals surface area contributed by atoms with Crippen LogP contribution >= 0.6 is 11.8 Å². The zero-order chi connectivity index (χ0) is 39.5. The standard InChI is InChI=1S/C52H52O2S/c1-12-14-17-22-38(23-20-26-46-37(7)55-47-32-31-42-41(50(47)54-46)24-19-16-18-21-36(6)51(42,8)9)39-28-29-40-44(33-39)52(10,11)43-30-27-35(5)49(48(40)43)53-45(34(3)4)25-15-13-2/h12-23,25-33H,1-2,6-7,24H2,3-5,8-11H3/b17-14-,19-16-,21-18-,23-20+,25-15-,38-22+,46-26-. The summed E-state index contributed by atoms with van der Waals surface area (Å²) in [5.74, 6) is 3.37. The van der Waals surface area contributed by atoms with E-state index in [1.165, 1.54) is 27.8 Å². The lowest BCUT2D eigenvalue weighted by atomic mass is 9.75. The smallest absolute Gasteiger partial charge is 0.145 e. The largest absolute Gasteiger partial charge is 0.457 e. The molecule has 6 rings (SSSR count). The molecule has 0 bridgehead atoms. The van der Waals surface area contributed by atoms with Crippen LogP contribution < -0.4 is 9.47 Å². The van der Waals surface area contributed by atoms with Gasteiger partial charge in [0.25, 0.3) is 0 Å². The van der Waals surface area contributed by atoms with Crippen LogP contribution in [0.4, 0.5) is 0 Å². The molecule has 0 atom stereocenters. The monoisotopic (exact) mass is 740 g/mol. The van der Waals surface area contributed by atoms with Gasteiger partial charge < -0.3 is 9.47 Å². The van der Waals surface area contributed by atoms with Crippen LogP contribution in [0.5, 0.6) is 11.5 Å². The van der Waals surface area contributed by atoms with Crippen molar-refractivity contribution in [3.63, 3.8) is 0 Å². The van der Waals surface area contributed by atoms with Crippen LogP contribution in [-0.2, 0) is 17.3 Å². The second-order valence-corrected chi connectivity index (χ2v) is 16.5. The number of rotatable bonds is 9. The van der Waals surface area contributed by atoms with Gasteiger partial charge >= 0.3 is 0 Å². The molecule has 3 heteroatoms. The van der Waals surface area contributed by atoms with E-state index in [2.05, 4.69) is 160 Å². The van der Waals surface area contributed by atoms with Crippen molar-refractivity contribution in [3.05, 3.63) is 215 Å². The molecule has 0 saturated heterocycles. The highest BCUT2D eigenvalue weighted by atomic mass is 32.2. The topological polar surface area (TPSA) is 18.5 Å². The van der Waals surface area contributed by atoms with Crippen molar-refractivity contribution in [1.29, 1.82) is 0 Å². The van der Waals surface area contributed by atoms with E-state index in [4.69, 9.17) is 9.47 Å². The molecule has 0 N–H and O–H groups in total. The summed E-state index contributed by atoms with van der Waals surface area (Å²) < 4.78 is 13.5. The molecule has 0 amide bonds. The first kappa shape index (κ1) is 39.2. The number of fused-ring (bicyclic) bond motifs is 6. The lowest BCUT2D eigenvalue weighted by Crippen LogP contribution is -2.22. The minimum absolute atomic E-state index is 0.233. The van der Waals surface area contributed by atoms with Gasteiger partial charge in [-0.1, -0.05) is 169 Å². The Morgan fingerprint density at radius 2 is 1.60 bits per heavy atom. The Hall–Kier alpha value is -5.51. The summed E-state index contributed by atoms with van der Waals surface area (Å²) in [5.41, 5.74) is 12.3. The second-order valence-electron chi connectivity index (χ2n) is 15.4. The number of hydrogen-bond donors (Lipinski definition) is 0. The molecule has 1 aliphatic heterocycles. The van der Waals surface area contributed by atoms with Crippen molar-refractivity contribution in [2.75, 3.05) is 0 Å². The van der Waals surface area contributed by atoms with Crippen LogP contribution in [0, 0.1) is 6.92 Å². The quantitative estimate of drug-likeness (QED) is 0.161. The minimum Gasteiger partial charge on any atom is -0.457 e. The number of ether oxygens (including phenoxy) is 2. The van der Waals surface area contributed by atoms with Gasteiger partial charge in [0.15, 0.2) is 0 Å². The Labute approximate surface area is 333 Å². The van der Waals surface area contributed by atoms with E-state index in [-0.39, 0.29) is 10.8 Å². The molecule has 1 heterocycles. The van der Waals surface area contributed by atoms with E-state index >= 15 is 0 Å². The average molecular weight is 741 g/mol. The number of aryl methyl sites for hydroxylation is 1. The zero-order valence-electron chi connectivity index (χ0n) is 33.4. The minimum atomic E-state index is -0.242. The SMILES string of the molecule is C=C\C=C/C=C(\C=C\C=C1/Oc2c(ccc3c2C/C=C\C=C/C(=C)C3(C)C)SC1=C)c1ccc2c(c1)C(C)(C)c1ccc(C)c(OC(/C=C\C=C)=C(C)C)c1-2. The summed E-state index contributed by atoms with van der Waals surface area (Å²) in [5, 5.41) is 0. The van der Waals surface area contributed by atoms with Crippen molar-refractivity contribution in [2.24, 2.45) is 0 Å². The third-order valence-corrected chi connectivity index (χ3v) is 11.7. The van der Waals surface area contributed by atoms with Crippen LogP contribution in [0.1, 0.15) is 74.9 Å². The molecule has 3 aromatic carbocycles. The van der Waals surface area contributed by atoms with E-state index in [0.29, 0.717) is 0 Å². The molecule has 0 spiro atoms. The second kappa shape index (κ2) is 16.1. The maximum absolute atomic E-state index is 6.74. The van der Waals surface area contributed by atoms with Crippen LogP contribution in [-0.4, -0.2) is 0 Å². The lowest BCUT2D eigenvalue weighted by molar-refractivity contribution is 0.420. The molecule has 0 saturated carbocycles. The highest BCUT2D eigenvalue weighted by Crippen LogP contribution is 2.54. The Bertz CT molecular complexity index is 2350. The molecule has 3 aliphatic rings.